The monoisotopic (exact) mass is 447 g/mol. The number of ether oxygens (including phenoxy) is 1. The largest absolute Gasteiger partial charge is 0.442 e. The van der Waals surface area contributed by atoms with Gasteiger partial charge in [0.05, 0.1) is 37.0 Å². The van der Waals surface area contributed by atoms with Crippen LogP contribution in [-0.4, -0.2) is 43.7 Å². The van der Waals surface area contributed by atoms with Gasteiger partial charge in [0.1, 0.15) is 11.9 Å². The van der Waals surface area contributed by atoms with Crippen LogP contribution in [0.25, 0.3) is 11.1 Å². The van der Waals surface area contributed by atoms with Gasteiger partial charge in [0.25, 0.3) is 0 Å². The molecular weight excluding hydrogens is 425 g/mol. The molecule has 2 aromatic heterocycles. The van der Waals surface area contributed by atoms with Crippen LogP contribution in [0.1, 0.15) is 11.3 Å². The molecule has 0 unspecified atom stereocenters. The number of hydrogen-bond acceptors (Lipinski definition) is 6. The molecule has 0 radical (unpaired) electrons. The molecule has 2 aromatic carbocycles. The fraction of sp³-hybridized carbons (Fsp3) is 0.217. The van der Waals surface area contributed by atoms with E-state index in [0.717, 1.165) is 16.8 Å². The average molecular weight is 447 g/mol. The minimum atomic E-state index is -0.477. The Morgan fingerprint density at radius 1 is 1.18 bits per heavy atom. The number of nitrogens with one attached hydrogen (secondary N) is 2. The summed E-state index contributed by atoms with van der Waals surface area (Å²) in [6.07, 6.45) is 6.02. The van der Waals surface area contributed by atoms with E-state index in [2.05, 4.69) is 25.7 Å². The number of H-pyrrole nitrogens is 1. The number of halogens is 1. The van der Waals surface area contributed by atoms with E-state index < -0.39 is 11.9 Å². The fourth-order valence-corrected chi connectivity index (χ4v) is 3.81. The molecule has 1 atom stereocenters. The van der Waals surface area contributed by atoms with Gasteiger partial charge in [-0.3, -0.25) is 10.00 Å². The highest BCUT2D eigenvalue weighted by Gasteiger charge is 2.32. The van der Waals surface area contributed by atoms with Gasteiger partial charge in [0.2, 0.25) is 0 Å². The standard InChI is InChI=1S/C23H22FN7O2/c24-22-9-19(31-14-20(33-23(31)32)13-30-8-7-25-15-30)5-6-21(22)17-3-1-16(2-4-17)10-26-11-18-12-27-29-28-18/h1-9,12,15,20,26H,10-11,13-14H2,(H,27,28,29)/t20-/m0/s1. The Labute approximate surface area is 189 Å². The second-order valence-electron chi connectivity index (χ2n) is 7.82. The number of aromatic nitrogens is 5. The zero-order valence-electron chi connectivity index (χ0n) is 17.7. The number of cyclic esters (lactones) is 1. The summed E-state index contributed by atoms with van der Waals surface area (Å²) in [6.45, 7) is 2.15. The van der Waals surface area contributed by atoms with E-state index in [1.807, 2.05) is 35.0 Å². The maximum absolute atomic E-state index is 15.0. The highest BCUT2D eigenvalue weighted by Crippen LogP contribution is 2.29. The van der Waals surface area contributed by atoms with Crippen molar-refractivity contribution in [2.75, 3.05) is 11.4 Å². The van der Waals surface area contributed by atoms with Crippen LogP contribution in [0, 0.1) is 5.82 Å². The molecule has 9 nitrogen and oxygen atoms in total. The lowest BCUT2D eigenvalue weighted by molar-refractivity contribution is 0.132. The van der Waals surface area contributed by atoms with Crippen LogP contribution in [-0.2, 0) is 24.4 Å². The smallest absolute Gasteiger partial charge is 0.414 e. The minimum Gasteiger partial charge on any atom is -0.442 e. The molecule has 10 heteroatoms. The molecule has 3 heterocycles. The third kappa shape index (κ3) is 4.75. The molecule has 168 valence electrons. The van der Waals surface area contributed by atoms with Gasteiger partial charge in [-0.1, -0.05) is 29.5 Å². The Hall–Kier alpha value is -4.05. The van der Waals surface area contributed by atoms with Gasteiger partial charge < -0.3 is 14.6 Å². The molecular formula is C23H22FN7O2. The number of carbonyl (C=O) groups is 1. The molecule has 0 saturated carbocycles. The molecule has 1 aliphatic heterocycles. The molecule has 5 rings (SSSR count). The molecule has 0 aliphatic carbocycles. The number of amides is 1. The molecule has 0 spiro atoms. The Bertz CT molecular complexity index is 1210. The van der Waals surface area contributed by atoms with Crippen molar-refractivity contribution in [3.05, 3.63) is 84.5 Å². The summed E-state index contributed by atoms with van der Waals surface area (Å²) in [7, 11) is 0. The number of imidazole rings is 1. The van der Waals surface area contributed by atoms with E-state index >= 15 is 0 Å². The van der Waals surface area contributed by atoms with E-state index in [1.54, 1.807) is 30.9 Å². The van der Waals surface area contributed by atoms with Gasteiger partial charge in [0.15, 0.2) is 0 Å². The maximum Gasteiger partial charge on any atom is 0.414 e. The Morgan fingerprint density at radius 3 is 2.79 bits per heavy atom. The minimum absolute atomic E-state index is 0.319. The maximum atomic E-state index is 15.0. The highest BCUT2D eigenvalue weighted by atomic mass is 19.1. The van der Waals surface area contributed by atoms with Crippen LogP contribution >= 0.6 is 0 Å². The van der Waals surface area contributed by atoms with Crippen molar-refractivity contribution in [1.82, 2.24) is 30.3 Å². The predicted molar refractivity (Wildman–Crippen MR) is 119 cm³/mol. The molecule has 33 heavy (non-hydrogen) atoms. The lowest BCUT2D eigenvalue weighted by Gasteiger charge is -2.15. The molecule has 1 saturated heterocycles. The van der Waals surface area contributed by atoms with E-state index in [-0.39, 0.29) is 6.10 Å². The van der Waals surface area contributed by atoms with Crippen molar-refractivity contribution < 1.29 is 13.9 Å². The van der Waals surface area contributed by atoms with Gasteiger partial charge in [-0.15, -0.1) is 5.10 Å². The third-order valence-corrected chi connectivity index (χ3v) is 5.49. The molecule has 1 fully saturated rings. The van der Waals surface area contributed by atoms with E-state index in [9.17, 15) is 9.18 Å². The summed E-state index contributed by atoms with van der Waals surface area (Å²) in [5.41, 5.74) is 3.70. The van der Waals surface area contributed by atoms with E-state index in [1.165, 1.54) is 11.0 Å². The Morgan fingerprint density at radius 2 is 2.06 bits per heavy atom. The lowest BCUT2D eigenvalue weighted by Crippen LogP contribution is -2.25. The average Bonchev–Trinajstić information content (AvgIpc) is 3.58. The van der Waals surface area contributed by atoms with Crippen LogP contribution < -0.4 is 10.2 Å². The van der Waals surface area contributed by atoms with Gasteiger partial charge in [-0.05, 0) is 29.3 Å². The Kier molecular flexibility index (Phi) is 5.81. The summed E-state index contributed by atoms with van der Waals surface area (Å²) in [5.74, 6) is -0.393. The van der Waals surface area contributed by atoms with E-state index in [4.69, 9.17) is 4.74 Å². The normalized spacial score (nSPS) is 15.7. The summed E-state index contributed by atoms with van der Waals surface area (Å²) in [6, 6.07) is 12.5. The van der Waals surface area contributed by atoms with E-state index in [0.29, 0.717) is 37.4 Å². The lowest BCUT2D eigenvalue weighted by atomic mass is 10.0. The molecule has 1 aliphatic rings. The summed E-state index contributed by atoms with van der Waals surface area (Å²) < 4.78 is 22.2. The number of benzene rings is 2. The van der Waals surface area contributed by atoms with Crippen molar-refractivity contribution in [3.8, 4) is 11.1 Å². The zero-order chi connectivity index (χ0) is 22.6. The number of anilines is 1. The van der Waals surface area contributed by atoms with Gasteiger partial charge in [0, 0.05) is 31.0 Å². The first-order chi connectivity index (χ1) is 16.2. The molecule has 4 aromatic rings. The van der Waals surface area contributed by atoms with Crippen molar-refractivity contribution in [2.45, 2.75) is 25.7 Å². The summed E-state index contributed by atoms with van der Waals surface area (Å²) >= 11 is 0. The van der Waals surface area contributed by atoms with Crippen molar-refractivity contribution >= 4 is 11.8 Å². The zero-order valence-corrected chi connectivity index (χ0v) is 17.7. The first kappa shape index (κ1) is 20.8. The van der Waals surface area contributed by atoms with Crippen LogP contribution in [0.4, 0.5) is 14.9 Å². The topological polar surface area (TPSA) is 101 Å². The molecule has 1 amide bonds. The highest BCUT2D eigenvalue weighted by molar-refractivity contribution is 5.90. The quantitative estimate of drug-likeness (QED) is 0.430. The van der Waals surface area contributed by atoms with Gasteiger partial charge >= 0.3 is 6.09 Å². The predicted octanol–water partition coefficient (Wildman–Crippen LogP) is 3.12. The third-order valence-electron chi connectivity index (χ3n) is 5.49. The first-order valence-corrected chi connectivity index (χ1v) is 10.5. The summed E-state index contributed by atoms with van der Waals surface area (Å²) in [4.78, 5) is 17.8. The van der Waals surface area contributed by atoms with Crippen molar-refractivity contribution in [1.29, 1.82) is 0 Å². The number of nitrogens with zero attached hydrogens (tertiary/aromatic N) is 5. The number of rotatable bonds is 8. The number of hydrogen-bond donors (Lipinski definition) is 2. The second kappa shape index (κ2) is 9.21. The molecule has 0 bridgehead atoms. The summed E-state index contributed by atoms with van der Waals surface area (Å²) in [5, 5.41) is 13.5. The SMILES string of the molecule is O=C1O[C@@H](Cn2ccnc2)CN1c1ccc(-c2ccc(CNCc3cnn[nH]3)cc2)c(F)c1. The van der Waals surface area contributed by atoms with Gasteiger partial charge in [-0.2, -0.15) is 0 Å². The fourth-order valence-electron chi connectivity index (χ4n) is 3.81. The van der Waals surface area contributed by atoms with Crippen LogP contribution in [0.2, 0.25) is 0 Å². The van der Waals surface area contributed by atoms with Crippen molar-refractivity contribution in [2.24, 2.45) is 0 Å². The first-order valence-electron chi connectivity index (χ1n) is 10.5. The van der Waals surface area contributed by atoms with Gasteiger partial charge in [-0.25, -0.2) is 14.2 Å². The number of carbonyl (C=O) groups excluding carboxylic acids is 1. The second-order valence-corrected chi connectivity index (χ2v) is 7.82. The van der Waals surface area contributed by atoms with Crippen LogP contribution in [0.5, 0.6) is 0 Å². The molecule has 2 N–H and O–H groups in total. The number of aromatic amines is 1. The van der Waals surface area contributed by atoms with Crippen molar-refractivity contribution in [3.63, 3.8) is 0 Å². The van der Waals surface area contributed by atoms with Crippen LogP contribution in [0.3, 0.4) is 0 Å². The van der Waals surface area contributed by atoms with Crippen LogP contribution in [0.15, 0.2) is 67.4 Å². The Balaban J connectivity index is 1.22.